The van der Waals surface area contributed by atoms with Crippen LogP contribution in [0.3, 0.4) is 0 Å². The zero-order valence-electron chi connectivity index (χ0n) is 16.8. The molecule has 0 aliphatic heterocycles. The number of halogens is 1. The Balaban J connectivity index is 1.43. The largest absolute Gasteiger partial charge is 0.493 e. The summed E-state index contributed by atoms with van der Waals surface area (Å²) in [4.78, 5) is 11.0. The summed E-state index contributed by atoms with van der Waals surface area (Å²) in [6.07, 6.45) is 8.63. The van der Waals surface area contributed by atoms with Crippen molar-refractivity contribution in [3.8, 4) is 11.5 Å². The van der Waals surface area contributed by atoms with Crippen LogP contribution in [-0.2, 0) is 11.3 Å². The molecule has 3 N–H and O–H groups in total. The van der Waals surface area contributed by atoms with Gasteiger partial charge in [-0.2, -0.15) is 0 Å². The van der Waals surface area contributed by atoms with Crippen molar-refractivity contribution in [2.75, 3.05) is 13.7 Å². The van der Waals surface area contributed by atoms with Crippen LogP contribution in [0.15, 0.2) is 16.6 Å². The van der Waals surface area contributed by atoms with Crippen LogP contribution in [0.4, 0.5) is 0 Å². The Morgan fingerprint density at radius 2 is 1.86 bits per heavy atom. The smallest absolute Gasteiger partial charge is 0.255 e. The number of carbonyl (C=O) groups excluding carboxylic acids is 1. The number of nitrogens with one attached hydrogen (secondary N) is 1. The predicted molar refractivity (Wildman–Crippen MR) is 112 cm³/mol. The fourth-order valence-electron chi connectivity index (χ4n) is 6.35. The molecule has 1 aromatic carbocycles. The maximum Gasteiger partial charge on any atom is 0.255 e. The van der Waals surface area contributed by atoms with E-state index in [0.29, 0.717) is 23.0 Å². The average Bonchev–Trinajstić information content (AvgIpc) is 2.63. The minimum atomic E-state index is -0.510. The Morgan fingerprint density at radius 3 is 2.39 bits per heavy atom. The van der Waals surface area contributed by atoms with Gasteiger partial charge in [-0.3, -0.25) is 4.79 Å². The fraction of sp³-hybridized carbons (Fsp3) is 0.682. The molecule has 1 aromatic rings. The Kier molecular flexibility index (Phi) is 5.62. The number of hydrogen-bond acceptors (Lipinski definition) is 4. The molecule has 0 unspecified atom stereocenters. The average molecular weight is 451 g/mol. The van der Waals surface area contributed by atoms with Crippen LogP contribution in [0.5, 0.6) is 11.5 Å². The molecule has 0 radical (unpaired) electrons. The Bertz CT molecular complexity index is 716. The number of carbonyl (C=O) groups is 1. The van der Waals surface area contributed by atoms with Crippen LogP contribution in [-0.4, -0.2) is 25.7 Å². The lowest BCUT2D eigenvalue weighted by atomic mass is 9.48. The van der Waals surface area contributed by atoms with Gasteiger partial charge in [0.05, 0.1) is 11.6 Å². The minimum Gasteiger partial charge on any atom is -0.493 e. The molecule has 4 fully saturated rings. The lowest BCUT2D eigenvalue weighted by Gasteiger charge is -2.59. The second kappa shape index (κ2) is 7.86. The number of rotatable bonds is 8. The van der Waals surface area contributed by atoms with Gasteiger partial charge in [0.1, 0.15) is 0 Å². The van der Waals surface area contributed by atoms with Gasteiger partial charge in [-0.1, -0.05) is 0 Å². The van der Waals surface area contributed by atoms with Crippen molar-refractivity contribution < 1.29 is 14.3 Å². The zero-order chi connectivity index (χ0) is 19.9. The highest BCUT2D eigenvalue weighted by molar-refractivity contribution is 9.10. The van der Waals surface area contributed by atoms with Crippen LogP contribution in [0.2, 0.25) is 0 Å². The first kappa shape index (κ1) is 20.0. The number of methoxy groups -OCH3 is 1. The van der Waals surface area contributed by atoms with E-state index >= 15 is 0 Å². The number of ether oxygens (including phenoxy) is 2. The molecule has 4 aliphatic rings. The van der Waals surface area contributed by atoms with Gasteiger partial charge in [-0.25, -0.2) is 0 Å². The highest BCUT2D eigenvalue weighted by Crippen LogP contribution is 2.61. The Morgan fingerprint density at radius 1 is 1.25 bits per heavy atom. The van der Waals surface area contributed by atoms with Gasteiger partial charge < -0.3 is 20.5 Å². The van der Waals surface area contributed by atoms with Crippen LogP contribution < -0.4 is 20.5 Å². The van der Waals surface area contributed by atoms with E-state index in [4.69, 9.17) is 15.2 Å². The van der Waals surface area contributed by atoms with E-state index in [1.807, 2.05) is 12.1 Å². The van der Waals surface area contributed by atoms with Crippen molar-refractivity contribution in [2.45, 2.75) is 58.0 Å². The van der Waals surface area contributed by atoms with E-state index < -0.39 is 5.91 Å². The lowest BCUT2D eigenvalue weighted by molar-refractivity contribution is -0.119. The molecule has 4 aliphatic carbocycles. The van der Waals surface area contributed by atoms with Crippen LogP contribution in [0, 0.1) is 23.2 Å². The molecule has 1 atom stereocenters. The van der Waals surface area contributed by atoms with Crippen molar-refractivity contribution >= 4 is 21.8 Å². The third kappa shape index (κ3) is 3.90. The molecule has 5 nitrogen and oxygen atoms in total. The number of nitrogens with two attached hydrogens (primary N) is 1. The van der Waals surface area contributed by atoms with Gasteiger partial charge in [0.15, 0.2) is 18.1 Å². The van der Waals surface area contributed by atoms with Crippen LogP contribution in [0.1, 0.15) is 51.0 Å². The summed E-state index contributed by atoms with van der Waals surface area (Å²) in [6.45, 7) is 2.99. The number of primary amides is 1. The molecule has 6 heteroatoms. The molecule has 4 saturated carbocycles. The van der Waals surface area contributed by atoms with Gasteiger partial charge in [-0.15, -0.1) is 0 Å². The SMILES string of the molecule is COc1cc(CN[C@@H](C)C23CC4CC(CC(C4)C2)C3)cc(Br)c1OCC(N)=O. The first-order chi connectivity index (χ1) is 13.4. The van der Waals surface area contributed by atoms with Crippen molar-refractivity contribution in [3.05, 3.63) is 22.2 Å². The van der Waals surface area contributed by atoms with Crippen molar-refractivity contribution in [3.63, 3.8) is 0 Å². The maximum absolute atomic E-state index is 11.0. The van der Waals surface area contributed by atoms with Gasteiger partial charge in [0, 0.05) is 12.6 Å². The summed E-state index contributed by atoms with van der Waals surface area (Å²) in [5.41, 5.74) is 6.80. The van der Waals surface area contributed by atoms with E-state index in [0.717, 1.165) is 34.3 Å². The van der Waals surface area contributed by atoms with Crippen molar-refractivity contribution in [1.82, 2.24) is 5.32 Å². The third-order valence-corrected chi connectivity index (χ3v) is 7.85. The fourth-order valence-corrected chi connectivity index (χ4v) is 6.96. The van der Waals surface area contributed by atoms with Gasteiger partial charge in [-0.05, 0) is 102 Å². The summed E-state index contributed by atoms with van der Waals surface area (Å²) in [5.74, 6) is 3.50. The van der Waals surface area contributed by atoms with Crippen molar-refractivity contribution in [2.24, 2.45) is 28.9 Å². The molecule has 154 valence electrons. The molecule has 0 heterocycles. The third-order valence-electron chi connectivity index (χ3n) is 7.26. The van der Waals surface area contributed by atoms with E-state index in [9.17, 15) is 4.79 Å². The predicted octanol–water partition coefficient (Wildman–Crippen LogP) is 4.02. The van der Waals surface area contributed by atoms with Gasteiger partial charge in [0.25, 0.3) is 5.91 Å². The van der Waals surface area contributed by atoms with E-state index in [1.165, 1.54) is 38.5 Å². The standard InChI is InChI=1S/C22H31BrN2O3/c1-13(22-8-14-3-15(9-22)5-16(4-14)10-22)25-11-17-6-18(23)21(19(7-17)27-2)28-12-20(24)26/h6-7,13-16,25H,3-5,8-12H2,1-2H3,(H2,24,26)/t13-,14?,15?,16?,22?/m0/s1. The summed E-state index contributed by atoms with van der Waals surface area (Å²) in [6, 6.07) is 4.51. The number of hydrogen-bond donors (Lipinski definition) is 2. The monoisotopic (exact) mass is 450 g/mol. The molecule has 4 bridgehead atoms. The quantitative estimate of drug-likeness (QED) is 0.627. The minimum absolute atomic E-state index is 0.171. The number of benzene rings is 1. The maximum atomic E-state index is 11.0. The normalized spacial score (nSPS) is 31.6. The van der Waals surface area contributed by atoms with Crippen LogP contribution >= 0.6 is 15.9 Å². The first-order valence-electron chi connectivity index (χ1n) is 10.4. The second-order valence-corrected chi connectivity index (χ2v) is 10.1. The van der Waals surface area contributed by atoms with Gasteiger partial charge in [0.2, 0.25) is 0 Å². The molecule has 0 aromatic heterocycles. The molecule has 0 saturated heterocycles. The molecule has 1 amide bonds. The van der Waals surface area contributed by atoms with Gasteiger partial charge >= 0.3 is 0 Å². The van der Waals surface area contributed by atoms with E-state index in [1.54, 1.807) is 7.11 Å². The summed E-state index contributed by atoms with van der Waals surface area (Å²) < 4.78 is 11.7. The highest BCUT2D eigenvalue weighted by atomic mass is 79.9. The van der Waals surface area contributed by atoms with Crippen LogP contribution in [0.25, 0.3) is 0 Å². The molecule has 5 rings (SSSR count). The summed E-state index contributed by atoms with van der Waals surface area (Å²) in [5, 5.41) is 3.81. The van der Waals surface area contributed by atoms with E-state index in [2.05, 4.69) is 28.2 Å². The summed E-state index contributed by atoms with van der Waals surface area (Å²) in [7, 11) is 1.61. The zero-order valence-corrected chi connectivity index (χ0v) is 18.4. The highest BCUT2D eigenvalue weighted by Gasteiger charge is 2.52. The Labute approximate surface area is 175 Å². The summed E-state index contributed by atoms with van der Waals surface area (Å²) >= 11 is 3.54. The topological polar surface area (TPSA) is 73.6 Å². The molecule has 28 heavy (non-hydrogen) atoms. The molecular weight excluding hydrogens is 420 g/mol. The van der Waals surface area contributed by atoms with Crippen molar-refractivity contribution in [1.29, 1.82) is 0 Å². The lowest BCUT2D eigenvalue weighted by Crippen LogP contribution is -2.54. The molecular formula is C22H31BrN2O3. The molecule has 0 spiro atoms. The second-order valence-electron chi connectivity index (χ2n) is 9.25. The number of amides is 1. The van der Waals surface area contributed by atoms with E-state index in [-0.39, 0.29) is 6.61 Å². The first-order valence-corrected chi connectivity index (χ1v) is 11.2. The Hall–Kier alpha value is -1.27.